The maximum atomic E-state index is 10.2. The molecular weight excluding hydrogens is 155 g/mol. The Hall–Kier alpha value is -0.310. The molecular formula is C5H11O4P. The van der Waals surface area contributed by atoms with Gasteiger partial charge in [0.15, 0.2) is 0 Å². The number of hydrogen-bond acceptors (Lipinski definition) is 2. The molecule has 0 spiro atoms. The van der Waals surface area contributed by atoms with Crippen LogP contribution in [-0.4, -0.2) is 22.6 Å². The summed E-state index contributed by atoms with van der Waals surface area (Å²) in [4.78, 5) is 16.7. The second kappa shape index (κ2) is 4.50. The van der Waals surface area contributed by atoms with E-state index in [-0.39, 0.29) is 6.16 Å². The van der Waals surface area contributed by atoms with Gasteiger partial charge >= 0.3 is 7.60 Å². The average molecular weight is 166 g/mol. The molecule has 0 saturated carbocycles. The fraction of sp³-hybridized carbons (Fsp3) is 0.600. The van der Waals surface area contributed by atoms with Crippen LogP contribution in [0.3, 0.4) is 0 Å². The van der Waals surface area contributed by atoms with Crippen LogP contribution in [-0.2, 0) is 9.30 Å². The number of hydrogen-bond donors (Lipinski definition) is 2. The number of ether oxygens (including phenoxy) is 1. The normalized spacial score (nSPS) is 11.0. The molecule has 0 heterocycles. The van der Waals surface area contributed by atoms with Crippen LogP contribution in [0.4, 0.5) is 0 Å². The highest BCUT2D eigenvalue weighted by molar-refractivity contribution is 7.51. The van der Waals surface area contributed by atoms with Crippen LogP contribution < -0.4 is 0 Å². The molecule has 60 valence electrons. The second-order valence-electron chi connectivity index (χ2n) is 1.78. The molecule has 5 heteroatoms. The maximum absolute atomic E-state index is 10.2. The van der Waals surface area contributed by atoms with E-state index in [1.807, 2.05) is 0 Å². The highest BCUT2D eigenvalue weighted by Gasteiger charge is 2.10. The third kappa shape index (κ3) is 7.69. The smallest absolute Gasteiger partial charge is 0.325 e. The molecule has 0 amide bonds. The zero-order valence-corrected chi connectivity index (χ0v) is 6.46. The summed E-state index contributed by atoms with van der Waals surface area (Å²) in [6.45, 7) is 3.59. The highest BCUT2D eigenvalue weighted by Crippen LogP contribution is 2.34. The fourth-order valence-corrected chi connectivity index (χ4v) is 0.978. The first-order valence-corrected chi connectivity index (χ1v) is 4.63. The summed E-state index contributed by atoms with van der Waals surface area (Å²) in [5, 5.41) is 0. The monoisotopic (exact) mass is 166 g/mol. The first-order valence-electron chi connectivity index (χ1n) is 2.83. The average Bonchev–Trinajstić information content (AvgIpc) is 1.78. The van der Waals surface area contributed by atoms with Crippen molar-refractivity contribution in [2.45, 2.75) is 6.42 Å². The van der Waals surface area contributed by atoms with Crippen LogP contribution in [0.25, 0.3) is 0 Å². The predicted molar refractivity (Wildman–Crippen MR) is 37.7 cm³/mol. The largest absolute Gasteiger partial charge is 0.502 e. The van der Waals surface area contributed by atoms with Crippen molar-refractivity contribution in [3.05, 3.63) is 12.8 Å². The Morgan fingerprint density at radius 2 is 2.20 bits per heavy atom. The summed E-state index contributed by atoms with van der Waals surface area (Å²) < 4.78 is 14.9. The van der Waals surface area contributed by atoms with Crippen LogP contribution in [0.2, 0.25) is 0 Å². The van der Waals surface area contributed by atoms with Gasteiger partial charge in [0.1, 0.15) is 0 Å². The quantitative estimate of drug-likeness (QED) is 0.358. The minimum atomic E-state index is -3.82. The lowest BCUT2D eigenvalue weighted by Gasteiger charge is -2.02. The van der Waals surface area contributed by atoms with E-state index in [2.05, 4.69) is 11.3 Å². The third-order valence-electron chi connectivity index (χ3n) is 0.829. The third-order valence-corrected chi connectivity index (χ3v) is 1.73. The van der Waals surface area contributed by atoms with Crippen molar-refractivity contribution < 1.29 is 19.1 Å². The Kier molecular flexibility index (Phi) is 4.36. The first kappa shape index (κ1) is 9.69. The molecule has 0 radical (unpaired) electrons. The van der Waals surface area contributed by atoms with Gasteiger partial charge in [0.05, 0.1) is 19.0 Å². The summed E-state index contributed by atoms with van der Waals surface area (Å²) in [7, 11) is -3.82. The molecule has 0 rings (SSSR count). The molecule has 0 aromatic rings. The van der Waals surface area contributed by atoms with Crippen molar-refractivity contribution in [3.8, 4) is 0 Å². The van der Waals surface area contributed by atoms with E-state index < -0.39 is 7.60 Å². The van der Waals surface area contributed by atoms with Crippen LogP contribution in [0.15, 0.2) is 12.8 Å². The zero-order valence-electron chi connectivity index (χ0n) is 5.56. The number of rotatable bonds is 5. The Morgan fingerprint density at radius 1 is 1.60 bits per heavy atom. The summed E-state index contributed by atoms with van der Waals surface area (Å²) in [6, 6.07) is 0. The van der Waals surface area contributed by atoms with Crippen molar-refractivity contribution in [3.63, 3.8) is 0 Å². The summed E-state index contributed by atoms with van der Waals surface area (Å²) in [5.74, 6) is 0. The van der Waals surface area contributed by atoms with Gasteiger partial charge in [-0.2, -0.15) is 0 Å². The molecule has 0 aliphatic carbocycles. The van der Waals surface area contributed by atoms with Gasteiger partial charge in [-0.3, -0.25) is 4.57 Å². The molecule has 0 saturated heterocycles. The molecule has 0 bridgehead atoms. The van der Waals surface area contributed by atoms with E-state index in [0.717, 1.165) is 0 Å². The molecule has 4 nitrogen and oxygen atoms in total. The molecule has 0 fully saturated rings. The van der Waals surface area contributed by atoms with Crippen molar-refractivity contribution in [1.82, 2.24) is 0 Å². The zero-order chi connectivity index (χ0) is 8.04. The van der Waals surface area contributed by atoms with Gasteiger partial charge in [-0.15, -0.1) is 0 Å². The van der Waals surface area contributed by atoms with Gasteiger partial charge in [-0.1, -0.05) is 6.58 Å². The molecule has 0 aromatic heterocycles. The fourth-order valence-electron chi connectivity index (χ4n) is 0.437. The predicted octanol–water partition coefficient (Wildman–Crippen LogP) is 0.714. The highest BCUT2D eigenvalue weighted by atomic mass is 31.2. The Bertz CT molecular complexity index is 139. The van der Waals surface area contributed by atoms with Crippen molar-refractivity contribution in [2.24, 2.45) is 0 Å². The van der Waals surface area contributed by atoms with Crippen molar-refractivity contribution >= 4 is 7.60 Å². The molecule has 2 N–H and O–H groups in total. The SMILES string of the molecule is C=COCCCP(=O)(O)O. The van der Waals surface area contributed by atoms with Gasteiger partial charge < -0.3 is 14.5 Å². The molecule has 0 unspecified atom stereocenters. The summed E-state index contributed by atoms with van der Waals surface area (Å²) in [5.41, 5.74) is 0. The standard InChI is InChI=1S/C5H11O4P/c1-2-9-4-3-5-10(6,7)8/h2H,1,3-5H2,(H2,6,7,8). The van der Waals surface area contributed by atoms with E-state index in [0.29, 0.717) is 13.0 Å². The van der Waals surface area contributed by atoms with Gasteiger partial charge in [-0.05, 0) is 6.42 Å². The summed E-state index contributed by atoms with van der Waals surface area (Å²) in [6.07, 6.45) is 1.48. The minimum absolute atomic E-state index is 0.124. The lowest BCUT2D eigenvalue weighted by Crippen LogP contribution is -1.93. The molecule has 0 aliphatic rings. The van der Waals surface area contributed by atoms with Gasteiger partial charge in [-0.25, -0.2) is 0 Å². The Labute approximate surface area is 59.7 Å². The van der Waals surface area contributed by atoms with Crippen molar-refractivity contribution in [1.29, 1.82) is 0 Å². The van der Waals surface area contributed by atoms with Gasteiger partial charge in [0, 0.05) is 0 Å². The topological polar surface area (TPSA) is 66.8 Å². The van der Waals surface area contributed by atoms with Gasteiger partial charge in [0.25, 0.3) is 0 Å². The van der Waals surface area contributed by atoms with Crippen LogP contribution >= 0.6 is 7.60 Å². The van der Waals surface area contributed by atoms with E-state index in [1.165, 1.54) is 6.26 Å². The Morgan fingerprint density at radius 3 is 2.60 bits per heavy atom. The molecule has 0 aliphatic heterocycles. The van der Waals surface area contributed by atoms with Crippen LogP contribution in [0.1, 0.15) is 6.42 Å². The maximum Gasteiger partial charge on any atom is 0.325 e. The van der Waals surface area contributed by atoms with E-state index in [4.69, 9.17) is 9.79 Å². The van der Waals surface area contributed by atoms with E-state index in [1.54, 1.807) is 0 Å². The molecule has 0 atom stereocenters. The van der Waals surface area contributed by atoms with E-state index >= 15 is 0 Å². The lowest BCUT2D eigenvalue weighted by atomic mass is 10.5. The second-order valence-corrected chi connectivity index (χ2v) is 3.56. The Balaban J connectivity index is 3.20. The first-order chi connectivity index (χ1) is 4.56. The van der Waals surface area contributed by atoms with Crippen LogP contribution in [0.5, 0.6) is 0 Å². The minimum Gasteiger partial charge on any atom is -0.502 e. The van der Waals surface area contributed by atoms with Gasteiger partial charge in [0.2, 0.25) is 0 Å². The molecule has 0 aromatic carbocycles. The lowest BCUT2D eigenvalue weighted by molar-refractivity contribution is 0.248. The van der Waals surface area contributed by atoms with E-state index in [9.17, 15) is 4.57 Å². The van der Waals surface area contributed by atoms with Crippen LogP contribution in [0, 0.1) is 0 Å². The summed E-state index contributed by atoms with van der Waals surface area (Å²) >= 11 is 0. The molecule has 10 heavy (non-hydrogen) atoms. The van der Waals surface area contributed by atoms with Crippen molar-refractivity contribution in [2.75, 3.05) is 12.8 Å².